The number of hydrogen-bond acceptors (Lipinski definition) is 11. The fourth-order valence-electron chi connectivity index (χ4n) is 3.85. The average Bonchev–Trinajstić information content (AvgIpc) is 2.75. The molecule has 4 rings (SSSR count). The first-order valence-corrected chi connectivity index (χ1v) is 9.89. The number of ether oxygens (including phenoxy) is 3. The standard InChI is InChI=1S/C21H24O11/c22-7-16-17(27)18(28)19(29)21(32-16)31-14-2-1-8(3-12(14)25)20-13(26)6-10-11(24)4-9(23)5-15(10)30-20/h1-5,13,16-29H,6-7H2/t13-,16?,17+,18?,19?,20+,21+/m0/s1. The summed E-state index contributed by atoms with van der Waals surface area (Å²) in [6.45, 7) is -0.626. The molecule has 7 atom stereocenters. The van der Waals surface area contributed by atoms with Gasteiger partial charge in [0.25, 0.3) is 0 Å². The van der Waals surface area contributed by atoms with Gasteiger partial charge in [-0.3, -0.25) is 0 Å². The van der Waals surface area contributed by atoms with Gasteiger partial charge in [0, 0.05) is 24.1 Å². The molecule has 174 valence electrons. The van der Waals surface area contributed by atoms with Crippen molar-refractivity contribution in [1.29, 1.82) is 0 Å². The Morgan fingerprint density at radius 2 is 1.66 bits per heavy atom. The molecule has 1 fully saturated rings. The summed E-state index contributed by atoms with van der Waals surface area (Å²) < 4.78 is 16.4. The van der Waals surface area contributed by atoms with Gasteiger partial charge in [-0.05, 0) is 17.7 Å². The van der Waals surface area contributed by atoms with Crippen molar-refractivity contribution in [2.24, 2.45) is 0 Å². The molecule has 0 saturated carbocycles. The summed E-state index contributed by atoms with van der Waals surface area (Å²) in [4.78, 5) is 0. The second kappa shape index (κ2) is 8.62. The summed E-state index contributed by atoms with van der Waals surface area (Å²) in [6.07, 6.45) is -9.40. The topological polar surface area (TPSA) is 190 Å². The number of hydrogen-bond donors (Lipinski definition) is 8. The summed E-state index contributed by atoms with van der Waals surface area (Å²) in [5.74, 6) is -0.732. The van der Waals surface area contributed by atoms with E-state index in [0.29, 0.717) is 11.1 Å². The van der Waals surface area contributed by atoms with Crippen LogP contribution < -0.4 is 9.47 Å². The predicted octanol–water partition coefficient (Wildman–Crippen LogP) is -0.981. The second-order valence-corrected chi connectivity index (χ2v) is 7.79. The molecule has 2 aromatic rings. The summed E-state index contributed by atoms with van der Waals surface area (Å²) in [7, 11) is 0. The highest BCUT2D eigenvalue weighted by molar-refractivity contribution is 5.52. The Labute approximate surface area is 181 Å². The van der Waals surface area contributed by atoms with E-state index >= 15 is 0 Å². The highest BCUT2D eigenvalue weighted by atomic mass is 16.7. The molecule has 11 heteroatoms. The van der Waals surface area contributed by atoms with E-state index in [1.54, 1.807) is 0 Å². The van der Waals surface area contributed by atoms with Gasteiger partial charge in [0.05, 0.1) is 12.7 Å². The highest BCUT2D eigenvalue weighted by Crippen LogP contribution is 2.43. The molecule has 2 heterocycles. The van der Waals surface area contributed by atoms with Crippen molar-refractivity contribution in [3.63, 3.8) is 0 Å². The van der Waals surface area contributed by atoms with E-state index in [-0.39, 0.29) is 35.2 Å². The van der Waals surface area contributed by atoms with Gasteiger partial charge in [0.15, 0.2) is 11.5 Å². The molecule has 2 aliphatic rings. The van der Waals surface area contributed by atoms with Gasteiger partial charge in [-0.15, -0.1) is 0 Å². The molecule has 0 aliphatic carbocycles. The van der Waals surface area contributed by atoms with Gasteiger partial charge in [-0.25, -0.2) is 0 Å². The number of aliphatic hydroxyl groups excluding tert-OH is 5. The monoisotopic (exact) mass is 452 g/mol. The minimum atomic E-state index is -1.65. The SMILES string of the molecule is OCC1O[C@@H](Oc2ccc([C@H]3Oc4cc(O)cc(O)c4C[C@@H]3O)cc2O)C(O)C(O)[C@@H]1O. The van der Waals surface area contributed by atoms with Crippen molar-refractivity contribution in [3.8, 4) is 28.7 Å². The van der Waals surface area contributed by atoms with E-state index in [9.17, 15) is 40.9 Å². The number of rotatable bonds is 4. The molecule has 0 aromatic heterocycles. The highest BCUT2D eigenvalue weighted by Gasteiger charge is 2.45. The Bertz CT molecular complexity index is 978. The van der Waals surface area contributed by atoms with Crippen molar-refractivity contribution < 1.29 is 55.1 Å². The molecule has 3 unspecified atom stereocenters. The van der Waals surface area contributed by atoms with Crippen LogP contribution in [0.15, 0.2) is 30.3 Å². The van der Waals surface area contributed by atoms with Crippen LogP contribution in [0.5, 0.6) is 28.7 Å². The van der Waals surface area contributed by atoms with Crippen LogP contribution >= 0.6 is 0 Å². The zero-order chi connectivity index (χ0) is 23.2. The Kier molecular flexibility index (Phi) is 6.03. The van der Waals surface area contributed by atoms with E-state index in [4.69, 9.17) is 14.2 Å². The van der Waals surface area contributed by atoms with Gasteiger partial charge < -0.3 is 55.1 Å². The van der Waals surface area contributed by atoms with E-state index < -0.39 is 49.5 Å². The summed E-state index contributed by atoms with van der Waals surface area (Å²) in [5, 5.41) is 79.6. The van der Waals surface area contributed by atoms with Crippen LogP contribution in [0.25, 0.3) is 0 Å². The Hall–Kier alpha value is -2.80. The first-order chi connectivity index (χ1) is 15.2. The quantitative estimate of drug-likeness (QED) is 0.285. The molecule has 0 amide bonds. The number of phenols is 3. The number of aromatic hydroxyl groups is 3. The lowest BCUT2D eigenvalue weighted by molar-refractivity contribution is -0.277. The number of aliphatic hydroxyl groups is 5. The Balaban J connectivity index is 1.53. The normalized spacial score (nSPS) is 32.1. The lowest BCUT2D eigenvalue weighted by atomic mass is 9.94. The van der Waals surface area contributed by atoms with Crippen molar-refractivity contribution in [1.82, 2.24) is 0 Å². The van der Waals surface area contributed by atoms with E-state index in [1.165, 1.54) is 24.3 Å². The molecule has 11 nitrogen and oxygen atoms in total. The molecule has 8 N–H and O–H groups in total. The molecule has 0 spiro atoms. The largest absolute Gasteiger partial charge is 0.508 e. The first kappa shape index (κ1) is 22.4. The summed E-state index contributed by atoms with van der Waals surface area (Å²) >= 11 is 0. The third-order valence-electron chi connectivity index (χ3n) is 5.59. The van der Waals surface area contributed by atoms with Crippen LogP contribution in [0.4, 0.5) is 0 Å². The van der Waals surface area contributed by atoms with E-state index in [1.807, 2.05) is 0 Å². The van der Waals surface area contributed by atoms with Crippen molar-refractivity contribution in [2.75, 3.05) is 6.61 Å². The van der Waals surface area contributed by atoms with Gasteiger partial charge in [0.2, 0.25) is 6.29 Å². The fraction of sp³-hybridized carbons (Fsp3) is 0.429. The lowest BCUT2D eigenvalue weighted by Gasteiger charge is -2.39. The Morgan fingerprint density at radius 1 is 0.906 bits per heavy atom. The van der Waals surface area contributed by atoms with Crippen LogP contribution in [-0.2, 0) is 11.2 Å². The van der Waals surface area contributed by atoms with E-state index in [2.05, 4.69) is 0 Å². The predicted molar refractivity (Wildman–Crippen MR) is 105 cm³/mol. The van der Waals surface area contributed by atoms with Gasteiger partial charge in [-0.1, -0.05) is 6.07 Å². The first-order valence-electron chi connectivity index (χ1n) is 9.89. The van der Waals surface area contributed by atoms with Crippen molar-refractivity contribution in [2.45, 2.75) is 49.3 Å². The maximum absolute atomic E-state index is 10.5. The van der Waals surface area contributed by atoms with Crippen LogP contribution in [0, 0.1) is 0 Å². The molecule has 32 heavy (non-hydrogen) atoms. The van der Waals surface area contributed by atoms with Gasteiger partial charge in [-0.2, -0.15) is 0 Å². The third kappa shape index (κ3) is 4.01. The van der Waals surface area contributed by atoms with Crippen molar-refractivity contribution in [3.05, 3.63) is 41.5 Å². The molecular formula is C21H24O11. The molecule has 2 aromatic carbocycles. The number of phenolic OH excluding ortho intramolecular Hbond substituents is 3. The number of benzene rings is 2. The van der Waals surface area contributed by atoms with Crippen LogP contribution in [0.1, 0.15) is 17.2 Å². The maximum atomic E-state index is 10.5. The minimum absolute atomic E-state index is 0.0516. The van der Waals surface area contributed by atoms with Gasteiger partial charge >= 0.3 is 0 Å². The summed E-state index contributed by atoms with van der Waals surface area (Å²) in [6, 6.07) is 6.54. The van der Waals surface area contributed by atoms with Gasteiger partial charge in [0.1, 0.15) is 47.8 Å². The molecular weight excluding hydrogens is 428 g/mol. The lowest BCUT2D eigenvalue weighted by Crippen LogP contribution is -2.60. The molecule has 0 bridgehead atoms. The number of fused-ring (bicyclic) bond motifs is 1. The van der Waals surface area contributed by atoms with E-state index in [0.717, 1.165) is 6.07 Å². The van der Waals surface area contributed by atoms with Crippen molar-refractivity contribution >= 4 is 0 Å². The molecule has 0 radical (unpaired) electrons. The van der Waals surface area contributed by atoms with Crippen LogP contribution in [0.2, 0.25) is 0 Å². The Morgan fingerprint density at radius 3 is 2.34 bits per heavy atom. The van der Waals surface area contributed by atoms with Crippen LogP contribution in [0.3, 0.4) is 0 Å². The minimum Gasteiger partial charge on any atom is -0.508 e. The molecule has 2 aliphatic heterocycles. The van der Waals surface area contributed by atoms with Crippen LogP contribution in [-0.4, -0.2) is 84.3 Å². The smallest absolute Gasteiger partial charge is 0.229 e. The average molecular weight is 452 g/mol. The fourth-order valence-corrected chi connectivity index (χ4v) is 3.85. The summed E-state index contributed by atoms with van der Waals surface area (Å²) in [5.41, 5.74) is 0.711. The zero-order valence-corrected chi connectivity index (χ0v) is 16.6. The third-order valence-corrected chi connectivity index (χ3v) is 5.59. The zero-order valence-electron chi connectivity index (χ0n) is 16.6. The second-order valence-electron chi connectivity index (χ2n) is 7.79. The maximum Gasteiger partial charge on any atom is 0.229 e. The molecule has 1 saturated heterocycles.